The molecule has 0 bridgehead atoms. The fourth-order valence-electron chi connectivity index (χ4n) is 6.31. The van der Waals surface area contributed by atoms with Crippen molar-refractivity contribution < 1.29 is 14.3 Å². The van der Waals surface area contributed by atoms with Gasteiger partial charge in [0.2, 0.25) is 0 Å². The molecule has 0 unspecified atom stereocenters. The molecule has 2 aromatic carbocycles. The molecule has 5 rings (SSSR count). The number of esters is 1. The third kappa shape index (κ3) is 4.60. The summed E-state index contributed by atoms with van der Waals surface area (Å²) in [7, 11) is 1.48. The van der Waals surface area contributed by atoms with Crippen LogP contribution in [0.3, 0.4) is 0 Å². The number of nitriles is 1. The highest BCUT2D eigenvalue weighted by molar-refractivity contribution is 5.85. The first-order valence-electron chi connectivity index (χ1n) is 12.6. The topological polar surface area (TPSA) is 78.3 Å². The minimum atomic E-state index is -0.238. The number of nitrogens with one attached hydrogen (secondary N) is 1. The maximum absolute atomic E-state index is 13.0. The van der Waals surface area contributed by atoms with E-state index in [1.165, 1.54) is 18.1 Å². The molecule has 1 aromatic heterocycles. The second kappa shape index (κ2) is 10.0. The van der Waals surface area contributed by atoms with Crippen molar-refractivity contribution in [2.24, 2.45) is 23.7 Å². The Bertz CT molecular complexity index is 1210. The molecule has 6 nitrogen and oxygen atoms in total. The van der Waals surface area contributed by atoms with Crippen LogP contribution in [-0.2, 0) is 16.0 Å². The number of aromatic amines is 1. The van der Waals surface area contributed by atoms with E-state index in [0.29, 0.717) is 19.5 Å². The molecule has 0 spiro atoms. The molecule has 1 N–H and O–H groups in total. The van der Waals surface area contributed by atoms with E-state index < -0.39 is 0 Å². The van der Waals surface area contributed by atoms with Gasteiger partial charge in [0.15, 0.2) is 6.19 Å². The minimum Gasteiger partial charge on any atom is -0.484 e. The number of hydrogen-bond donors (Lipinski definition) is 1. The van der Waals surface area contributed by atoms with Gasteiger partial charge in [-0.05, 0) is 67.2 Å². The Morgan fingerprint density at radius 3 is 2.66 bits per heavy atom. The van der Waals surface area contributed by atoms with Crippen molar-refractivity contribution in [1.82, 2.24) is 9.88 Å². The van der Waals surface area contributed by atoms with E-state index in [4.69, 9.17) is 9.47 Å². The van der Waals surface area contributed by atoms with Crippen molar-refractivity contribution in [1.29, 1.82) is 5.26 Å². The first-order valence-corrected chi connectivity index (χ1v) is 12.6. The van der Waals surface area contributed by atoms with Crippen molar-refractivity contribution in [3.05, 3.63) is 65.9 Å². The Morgan fingerprint density at radius 1 is 1.11 bits per heavy atom. The van der Waals surface area contributed by atoms with Crippen molar-refractivity contribution in [2.75, 3.05) is 20.2 Å². The van der Waals surface area contributed by atoms with E-state index in [0.717, 1.165) is 36.2 Å². The van der Waals surface area contributed by atoms with E-state index in [1.54, 1.807) is 0 Å². The van der Waals surface area contributed by atoms with Gasteiger partial charge in [0, 0.05) is 24.0 Å². The van der Waals surface area contributed by atoms with Crippen LogP contribution < -0.4 is 4.74 Å². The summed E-state index contributed by atoms with van der Waals surface area (Å²) in [5.74, 6) is 0.946. The number of rotatable bonds is 3. The van der Waals surface area contributed by atoms with Gasteiger partial charge in [-0.2, -0.15) is 5.26 Å². The quantitative estimate of drug-likeness (QED) is 0.405. The SMILES string of the molecule is COC(=O)[C@@H]1[C@H]2C[C@H](Oc3ccccc3)c3[nH]c4ccccc4c3CCN(C#N)C[C@@H]2CC[C@@H]1C. The van der Waals surface area contributed by atoms with E-state index in [1.807, 2.05) is 41.3 Å². The Kier molecular flexibility index (Phi) is 6.68. The van der Waals surface area contributed by atoms with Crippen molar-refractivity contribution >= 4 is 16.9 Å². The number of carbonyl (C=O) groups excluding carboxylic acids is 1. The van der Waals surface area contributed by atoms with Crippen LogP contribution in [0.5, 0.6) is 5.75 Å². The van der Waals surface area contributed by atoms with Gasteiger partial charge in [0.25, 0.3) is 0 Å². The average Bonchev–Trinajstić information content (AvgIpc) is 3.26. The second-order valence-electron chi connectivity index (χ2n) is 10.0. The van der Waals surface area contributed by atoms with Gasteiger partial charge < -0.3 is 19.4 Å². The summed E-state index contributed by atoms with van der Waals surface area (Å²) < 4.78 is 12.0. The van der Waals surface area contributed by atoms with Gasteiger partial charge in [-0.25, -0.2) is 0 Å². The van der Waals surface area contributed by atoms with Crippen LogP contribution in [0, 0.1) is 35.1 Å². The Morgan fingerprint density at radius 2 is 1.89 bits per heavy atom. The zero-order chi connectivity index (χ0) is 24.4. The summed E-state index contributed by atoms with van der Waals surface area (Å²) in [6.45, 7) is 3.46. The third-order valence-corrected chi connectivity index (χ3v) is 8.05. The molecule has 2 aliphatic rings. The van der Waals surface area contributed by atoms with Gasteiger partial charge in [-0.1, -0.05) is 43.3 Å². The smallest absolute Gasteiger partial charge is 0.309 e. The van der Waals surface area contributed by atoms with E-state index in [9.17, 15) is 10.1 Å². The minimum absolute atomic E-state index is 0.0492. The van der Waals surface area contributed by atoms with E-state index in [2.05, 4.69) is 36.3 Å². The molecule has 1 saturated carbocycles. The molecule has 5 atom stereocenters. The number of para-hydroxylation sites is 2. The molecular weight excluding hydrogens is 438 g/mol. The van der Waals surface area contributed by atoms with Crippen LogP contribution in [0.15, 0.2) is 54.6 Å². The summed E-state index contributed by atoms with van der Waals surface area (Å²) in [6.07, 6.45) is 5.58. The number of methoxy groups -OCH3 is 1. The normalized spacial score (nSPS) is 26.8. The second-order valence-corrected chi connectivity index (χ2v) is 10.0. The molecule has 1 fully saturated rings. The summed E-state index contributed by atoms with van der Waals surface area (Å²) in [6, 6.07) is 18.2. The molecular formula is C29H33N3O3. The first kappa shape index (κ1) is 23.3. The van der Waals surface area contributed by atoms with Crippen LogP contribution in [0.1, 0.15) is 43.5 Å². The fraction of sp³-hybridized carbons (Fsp3) is 0.448. The highest BCUT2D eigenvalue weighted by atomic mass is 16.5. The van der Waals surface area contributed by atoms with Crippen LogP contribution in [0.25, 0.3) is 10.9 Å². The number of H-pyrrole nitrogens is 1. The Labute approximate surface area is 206 Å². The fourth-order valence-corrected chi connectivity index (χ4v) is 6.31. The lowest BCUT2D eigenvalue weighted by atomic mass is 9.64. The molecule has 2 heterocycles. The highest BCUT2D eigenvalue weighted by Crippen LogP contribution is 2.46. The number of ether oxygens (including phenoxy) is 2. The number of benzene rings is 2. The molecule has 0 saturated heterocycles. The van der Waals surface area contributed by atoms with Crippen LogP contribution in [0.4, 0.5) is 0 Å². The molecule has 3 aromatic rings. The third-order valence-electron chi connectivity index (χ3n) is 8.05. The predicted molar refractivity (Wildman–Crippen MR) is 135 cm³/mol. The van der Waals surface area contributed by atoms with Crippen LogP contribution in [0.2, 0.25) is 0 Å². The number of nitrogens with zero attached hydrogens (tertiary/aromatic N) is 2. The number of fused-ring (bicyclic) bond motifs is 4. The Balaban J connectivity index is 1.64. The summed E-state index contributed by atoms with van der Waals surface area (Å²) >= 11 is 0. The molecule has 0 amide bonds. The molecule has 1 aliphatic carbocycles. The van der Waals surface area contributed by atoms with E-state index >= 15 is 0 Å². The summed E-state index contributed by atoms with van der Waals surface area (Å²) in [5.41, 5.74) is 3.31. The number of hydrogen-bond acceptors (Lipinski definition) is 5. The van der Waals surface area contributed by atoms with Gasteiger partial charge in [-0.15, -0.1) is 0 Å². The van der Waals surface area contributed by atoms with E-state index in [-0.39, 0.29) is 35.7 Å². The molecule has 182 valence electrons. The van der Waals surface area contributed by atoms with Gasteiger partial charge >= 0.3 is 5.97 Å². The van der Waals surface area contributed by atoms with Crippen molar-refractivity contribution in [2.45, 2.75) is 38.7 Å². The zero-order valence-electron chi connectivity index (χ0n) is 20.4. The lowest BCUT2D eigenvalue weighted by molar-refractivity contribution is -0.153. The average molecular weight is 472 g/mol. The largest absolute Gasteiger partial charge is 0.484 e. The lowest BCUT2D eigenvalue weighted by Crippen LogP contribution is -2.44. The number of carbonyl (C=O) groups is 1. The maximum Gasteiger partial charge on any atom is 0.309 e. The molecule has 0 radical (unpaired) electrons. The number of aromatic nitrogens is 1. The van der Waals surface area contributed by atoms with Gasteiger partial charge in [0.1, 0.15) is 11.9 Å². The van der Waals surface area contributed by atoms with Gasteiger partial charge in [0.05, 0.1) is 18.7 Å². The predicted octanol–water partition coefficient (Wildman–Crippen LogP) is 5.47. The van der Waals surface area contributed by atoms with Crippen LogP contribution >= 0.6 is 0 Å². The lowest BCUT2D eigenvalue weighted by Gasteiger charge is -2.43. The molecule has 35 heavy (non-hydrogen) atoms. The zero-order valence-corrected chi connectivity index (χ0v) is 20.4. The maximum atomic E-state index is 13.0. The summed E-state index contributed by atoms with van der Waals surface area (Å²) in [4.78, 5) is 18.6. The Hall–Kier alpha value is -3.46. The monoisotopic (exact) mass is 471 g/mol. The standard InChI is InChI=1S/C29H33N3O3/c1-19-12-13-20-17-32(18-30)15-14-23-22-10-6-7-11-25(22)31-28(23)26(35-21-8-4-3-5-9-21)16-24(20)27(19)29(33)34-2/h3-11,19-20,24,26-27,31H,12-17H2,1-2H3/t19-,20-,24-,26-,27-/m0/s1. The van der Waals surface area contributed by atoms with Crippen molar-refractivity contribution in [3.63, 3.8) is 0 Å². The first-order chi connectivity index (χ1) is 17.1. The highest BCUT2D eigenvalue weighted by Gasteiger charge is 2.45. The molecule has 1 aliphatic heterocycles. The van der Waals surface area contributed by atoms with Crippen molar-refractivity contribution in [3.8, 4) is 11.9 Å². The van der Waals surface area contributed by atoms with Crippen LogP contribution in [-0.4, -0.2) is 36.1 Å². The molecule has 6 heteroatoms. The summed E-state index contributed by atoms with van der Waals surface area (Å²) in [5, 5.41) is 11.1. The van der Waals surface area contributed by atoms with Gasteiger partial charge in [-0.3, -0.25) is 4.79 Å².